The van der Waals surface area contributed by atoms with Gasteiger partial charge in [0.2, 0.25) is 0 Å². The summed E-state index contributed by atoms with van der Waals surface area (Å²) in [7, 11) is -3.45. The van der Waals surface area contributed by atoms with Gasteiger partial charge in [-0.2, -0.15) is 0 Å². The van der Waals surface area contributed by atoms with E-state index < -0.39 is 9.84 Å². The molecular formula is C13H18N4O2S. The maximum absolute atomic E-state index is 11.9. The molecule has 0 fully saturated rings. The van der Waals surface area contributed by atoms with Gasteiger partial charge in [0.25, 0.3) is 0 Å². The predicted molar refractivity (Wildman–Crippen MR) is 80.0 cm³/mol. The van der Waals surface area contributed by atoms with Crippen LogP contribution >= 0.6 is 0 Å². The molecular weight excluding hydrogens is 276 g/mol. The smallest absolute Gasteiger partial charge is 0.182 e. The van der Waals surface area contributed by atoms with Gasteiger partial charge in [-0.05, 0) is 26.0 Å². The number of aryl methyl sites for hydroxylation is 1. The van der Waals surface area contributed by atoms with Crippen molar-refractivity contribution in [3.8, 4) is 5.69 Å². The Balaban J connectivity index is 2.64. The van der Waals surface area contributed by atoms with Crippen LogP contribution in [0.5, 0.6) is 0 Å². The lowest BCUT2D eigenvalue weighted by Gasteiger charge is -2.04. The van der Waals surface area contributed by atoms with Crippen molar-refractivity contribution in [2.75, 3.05) is 23.9 Å². The van der Waals surface area contributed by atoms with Crippen LogP contribution in [-0.4, -0.2) is 31.0 Å². The number of anilines is 2. The predicted octanol–water partition coefficient (Wildman–Crippen LogP) is 1.60. The summed E-state index contributed by atoms with van der Waals surface area (Å²) in [4.78, 5) is 0.0416. The summed E-state index contributed by atoms with van der Waals surface area (Å²) in [6, 6.07) is 7.54. The third-order valence-corrected chi connectivity index (χ3v) is 4.01. The molecule has 2 rings (SSSR count). The number of nitrogens with zero attached hydrogens (tertiary/aromatic N) is 2. The number of nitrogens with one attached hydrogen (secondary N) is 1. The molecule has 2 aromatic rings. The average Bonchev–Trinajstić information content (AvgIpc) is 2.67. The van der Waals surface area contributed by atoms with Gasteiger partial charge >= 0.3 is 0 Å². The number of sulfone groups is 1. The molecule has 0 radical (unpaired) electrons. The van der Waals surface area contributed by atoms with Gasteiger partial charge in [-0.1, -0.05) is 17.7 Å². The molecule has 6 nitrogen and oxygen atoms in total. The van der Waals surface area contributed by atoms with Crippen LogP contribution in [-0.2, 0) is 9.84 Å². The molecule has 7 heteroatoms. The zero-order valence-corrected chi connectivity index (χ0v) is 12.5. The Labute approximate surface area is 118 Å². The highest BCUT2D eigenvalue weighted by Gasteiger charge is 2.24. The van der Waals surface area contributed by atoms with Crippen LogP contribution in [0.1, 0.15) is 12.5 Å². The van der Waals surface area contributed by atoms with Crippen molar-refractivity contribution in [3.05, 3.63) is 29.8 Å². The highest BCUT2D eigenvalue weighted by Crippen LogP contribution is 2.29. The summed E-state index contributed by atoms with van der Waals surface area (Å²) in [6.45, 7) is 4.41. The van der Waals surface area contributed by atoms with Crippen molar-refractivity contribution in [2.24, 2.45) is 0 Å². The van der Waals surface area contributed by atoms with Crippen LogP contribution in [0.4, 0.5) is 11.6 Å². The Morgan fingerprint density at radius 3 is 2.40 bits per heavy atom. The average molecular weight is 294 g/mol. The van der Waals surface area contributed by atoms with E-state index in [0.717, 1.165) is 17.5 Å². The summed E-state index contributed by atoms with van der Waals surface area (Å²) in [5.41, 5.74) is 7.80. The van der Waals surface area contributed by atoms with Crippen molar-refractivity contribution in [3.63, 3.8) is 0 Å². The van der Waals surface area contributed by atoms with Crippen LogP contribution in [0.25, 0.3) is 5.69 Å². The molecule has 0 saturated carbocycles. The fourth-order valence-electron chi connectivity index (χ4n) is 1.95. The normalized spacial score (nSPS) is 11.6. The van der Waals surface area contributed by atoms with Crippen molar-refractivity contribution in [1.82, 2.24) is 9.78 Å². The van der Waals surface area contributed by atoms with Crippen molar-refractivity contribution < 1.29 is 8.42 Å². The monoisotopic (exact) mass is 294 g/mol. The third kappa shape index (κ3) is 2.62. The molecule has 0 amide bonds. The van der Waals surface area contributed by atoms with Gasteiger partial charge in [-0.3, -0.25) is 0 Å². The van der Waals surface area contributed by atoms with Gasteiger partial charge in [-0.25, -0.2) is 13.1 Å². The molecule has 1 heterocycles. The Bertz CT molecular complexity index is 718. The lowest BCUT2D eigenvalue weighted by atomic mass is 10.2. The second kappa shape index (κ2) is 5.16. The third-order valence-electron chi connectivity index (χ3n) is 2.87. The van der Waals surface area contributed by atoms with Crippen molar-refractivity contribution in [1.29, 1.82) is 0 Å². The molecule has 108 valence electrons. The Morgan fingerprint density at radius 2 is 1.90 bits per heavy atom. The number of hydrogen-bond donors (Lipinski definition) is 2. The summed E-state index contributed by atoms with van der Waals surface area (Å²) in [5, 5.41) is 7.20. The van der Waals surface area contributed by atoms with E-state index in [4.69, 9.17) is 5.73 Å². The molecule has 20 heavy (non-hydrogen) atoms. The molecule has 0 unspecified atom stereocenters. The van der Waals surface area contributed by atoms with E-state index in [-0.39, 0.29) is 16.5 Å². The number of nitrogens with two attached hydrogens (primary N) is 1. The topological polar surface area (TPSA) is 90.0 Å². The molecule has 0 aliphatic rings. The Morgan fingerprint density at radius 1 is 1.30 bits per heavy atom. The molecule has 0 saturated heterocycles. The molecule has 1 aromatic carbocycles. The minimum atomic E-state index is -3.45. The van der Waals surface area contributed by atoms with Crippen LogP contribution in [0.2, 0.25) is 0 Å². The van der Waals surface area contributed by atoms with Crippen LogP contribution in [0.3, 0.4) is 0 Å². The second-order valence-electron chi connectivity index (χ2n) is 4.61. The molecule has 0 atom stereocenters. The zero-order chi connectivity index (χ0) is 14.9. The van der Waals surface area contributed by atoms with E-state index in [9.17, 15) is 8.42 Å². The molecule has 0 spiro atoms. The first kappa shape index (κ1) is 14.4. The quantitative estimate of drug-likeness (QED) is 0.894. The first-order valence-electron chi connectivity index (χ1n) is 6.24. The Kier molecular flexibility index (Phi) is 3.71. The van der Waals surface area contributed by atoms with Gasteiger partial charge < -0.3 is 11.1 Å². The van der Waals surface area contributed by atoms with E-state index >= 15 is 0 Å². The maximum atomic E-state index is 11.9. The summed E-state index contributed by atoms with van der Waals surface area (Å²) < 4.78 is 25.2. The largest absolute Gasteiger partial charge is 0.382 e. The first-order chi connectivity index (χ1) is 9.34. The molecule has 0 bridgehead atoms. The van der Waals surface area contributed by atoms with E-state index in [0.29, 0.717) is 6.54 Å². The highest BCUT2D eigenvalue weighted by molar-refractivity contribution is 7.91. The lowest BCUT2D eigenvalue weighted by Crippen LogP contribution is -2.06. The molecule has 0 aliphatic carbocycles. The van der Waals surface area contributed by atoms with Crippen LogP contribution in [0, 0.1) is 6.92 Å². The Hall–Kier alpha value is -2.02. The SMILES string of the molecule is CCNc1nn(-c2ccc(C)cc2)c(N)c1S(C)(=O)=O. The van der Waals surface area contributed by atoms with Crippen molar-refractivity contribution >= 4 is 21.5 Å². The molecule has 1 aromatic heterocycles. The van der Waals surface area contributed by atoms with Crippen LogP contribution in [0.15, 0.2) is 29.2 Å². The van der Waals surface area contributed by atoms with Crippen molar-refractivity contribution in [2.45, 2.75) is 18.7 Å². The lowest BCUT2D eigenvalue weighted by molar-refractivity contribution is 0.602. The number of nitrogen functional groups attached to an aromatic ring is 1. The highest BCUT2D eigenvalue weighted by atomic mass is 32.2. The number of rotatable bonds is 4. The van der Waals surface area contributed by atoms with Gasteiger partial charge in [0.1, 0.15) is 5.82 Å². The first-order valence-corrected chi connectivity index (χ1v) is 8.13. The summed E-state index contributed by atoms with van der Waals surface area (Å²) in [5.74, 6) is 0.403. The molecule has 3 N–H and O–H groups in total. The number of hydrogen-bond acceptors (Lipinski definition) is 5. The number of benzene rings is 1. The zero-order valence-electron chi connectivity index (χ0n) is 11.7. The molecule has 0 aliphatic heterocycles. The van der Waals surface area contributed by atoms with Crippen LogP contribution < -0.4 is 11.1 Å². The maximum Gasteiger partial charge on any atom is 0.182 e. The van der Waals surface area contributed by atoms with E-state index in [1.54, 1.807) is 0 Å². The van der Waals surface area contributed by atoms with E-state index in [1.165, 1.54) is 4.68 Å². The van der Waals surface area contributed by atoms with Gasteiger partial charge in [0.05, 0.1) is 5.69 Å². The van der Waals surface area contributed by atoms with Gasteiger partial charge in [-0.15, -0.1) is 5.10 Å². The summed E-state index contributed by atoms with van der Waals surface area (Å²) >= 11 is 0. The fourth-order valence-corrected chi connectivity index (χ4v) is 2.88. The van der Waals surface area contributed by atoms with E-state index in [1.807, 2.05) is 38.1 Å². The van der Waals surface area contributed by atoms with Gasteiger partial charge in [0.15, 0.2) is 20.6 Å². The van der Waals surface area contributed by atoms with E-state index in [2.05, 4.69) is 10.4 Å². The minimum Gasteiger partial charge on any atom is -0.382 e. The number of aromatic nitrogens is 2. The second-order valence-corrected chi connectivity index (χ2v) is 6.57. The summed E-state index contributed by atoms with van der Waals surface area (Å²) in [6.07, 6.45) is 1.13. The standard InChI is InChI=1S/C13H18N4O2S/c1-4-15-13-11(20(3,18)19)12(14)17(16-13)10-7-5-9(2)6-8-10/h5-8H,4,14H2,1-3H3,(H,15,16). The van der Waals surface area contributed by atoms with Gasteiger partial charge in [0, 0.05) is 12.8 Å². The fraction of sp³-hybridized carbons (Fsp3) is 0.308. The minimum absolute atomic E-state index is 0.0416.